The van der Waals surface area contributed by atoms with Crippen molar-refractivity contribution < 1.29 is 14.6 Å². The summed E-state index contributed by atoms with van der Waals surface area (Å²) in [7, 11) is 1.31. The number of amidine groups is 1. The molecule has 1 rings (SSSR count). The lowest BCUT2D eigenvalue weighted by Crippen LogP contribution is -2.34. The van der Waals surface area contributed by atoms with Gasteiger partial charge >= 0.3 is 5.97 Å². The molecule has 0 aromatic carbocycles. The molecule has 16 heavy (non-hydrogen) atoms. The lowest BCUT2D eigenvalue weighted by molar-refractivity contribution is -0.142. The van der Waals surface area contributed by atoms with Crippen molar-refractivity contribution in [1.82, 2.24) is 0 Å². The lowest BCUT2D eigenvalue weighted by Gasteiger charge is -2.17. The van der Waals surface area contributed by atoms with E-state index in [9.17, 15) is 9.90 Å². The van der Waals surface area contributed by atoms with Crippen LogP contribution in [0.3, 0.4) is 0 Å². The predicted molar refractivity (Wildman–Crippen MR) is 59.8 cm³/mol. The summed E-state index contributed by atoms with van der Waals surface area (Å²) < 4.78 is 4.52. The maximum Gasteiger partial charge on any atom is 0.322 e. The van der Waals surface area contributed by atoms with Gasteiger partial charge in [0.15, 0.2) is 0 Å². The Morgan fingerprint density at radius 1 is 1.69 bits per heavy atom. The standard InChI is InChI=1S/C10H19N3O3/c1-5-7(13-9(12)8(5)14)4-3-6(11)10(15)16-2/h5-8,14H,3-4,11H2,1-2H3,(H2,12,13)/t5-,6?,7+,8-/m0/s1. The predicted octanol–water partition coefficient (Wildman–Crippen LogP) is -0.997. The summed E-state index contributed by atoms with van der Waals surface area (Å²) in [5.74, 6) is -0.183. The van der Waals surface area contributed by atoms with Gasteiger partial charge in [0.05, 0.1) is 13.2 Å². The average Bonchev–Trinajstić information content (AvgIpc) is 2.52. The molecule has 92 valence electrons. The lowest BCUT2D eigenvalue weighted by atomic mass is 9.94. The molecular formula is C10H19N3O3. The maximum atomic E-state index is 11.1. The van der Waals surface area contributed by atoms with Crippen LogP contribution in [0.25, 0.3) is 0 Å². The van der Waals surface area contributed by atoms with Crippen LogP contribution in [0.4, 0.5) is 0 Å². The van der Waals surface area contributed by atoms with Gasteiger partial charge in [0.25, 0.3) is 0 Å². The number of methoxy groups -OCH3 is 1. The van der Waals surface area contributed by atoms with Gasteiger partial charge in [-0.15, -0.1) is 0 Å². The van der Waals surface area contributed by atoms with E-state index in [4.69, 9.17) is 11.5 Å². The smallest absolute Gasteiger partial charge is 0.322 e. The van der Waals surface area contributed by atoms with Crippen molar-refractivity contribution in [2.24, 2.45) is 22.4 Å². The van der Waals surface area contributed by atoms with Crippen molar-refractivity contribution in [3.8, 4) is 0 Å². The number of nitrogens with zero attached hydrogens (tertiary/aromatic N) is 1. The van der Waals surface area contributed by atoms with Crippen molar-refractivity contribution in [3.63, 3.8) is 0 Å². The average molecular weight is 229 g/mol. The van der Waals surface area contributed by atoms with Gasteiger partial charge in [0, 0.05) is 5.92 Å². The molecule has 0 amide bonds. The zero-order chi connectivity index (χ0) is 12.3. The molecular weight excluding hydrogens is 210 g/mol. The van der Waals surface area contributed by atoms with Gasteiger partial charge in [0.2, 0.25) is 0 Å². The molecule has 0 spiro atoms. The summed E-state index contributed by atoms with van der Waals surface area (Å²) in [5.41, 5.74) is 11.1. The van der Waals surface area contributed by atoms with Crippen LogP contribution in [-0.4, -0.2) is 42.2 Å². The quantitative estimate of drug-likeness (QED) is 0.536. The number of carbonyl (C=O) groups is 1. The largest absolute Gasteiger partial charge is 0.468 e. The molecule has 4 atom stereocenters. The highest BCUT2D eigenvalue weighted by Gasteiger charge is 2.33. The number of rotatable bonds is 4. The van der Waals surface area contributed by atoms with Gasteiger partial charge < -0.3 is 21.3 Å². The molecule has 0 radical (unpaired) electrons. The zero-order valence-corrected chi connectivity index (χ0v) is 9.59. The second kappa shape index (κ2) is 5.27. The number of aliphatic hydroxyl groups is 1. The number of aliphatic hydroxyl groups excluding tert-OH is 1. The van der Waals surface area contributed by atoms with E-state index in [1.807, 2.05) is 6.92 Å². The first-order valence-electron chi connectivity index (χ1n) is 5.32. The first-order chi connectivity index (χ1) is 7.47. The van der Waals surface area contributed by atoms with Crippen LogP contribution in [0, 0.1) is 5.92 Å². The fraction of sp³-hybridized carbons (Fsp3) is 0.800. The minimum atomic E-state index is -0.681. The Labute approximate surface area is 94.7 Å². The highest BCUT2D eigenvalue weighted by Crippen LogP contribution is 2.23. The number of aliphatic imine (C=N–C) groups is 1. The normalized spacial score (nSPS) is 31.0. The van der Waals surface area contributed by atoms with Crippen LogP contribution in [0.1, 0.15) is 19.8 Å². The summed E-state index contributed by atoms with van der Waals surface area (Å²) in [4.78, 5) is 15.2. The summed E-state index contributed by atoms with van der Waals surface area (Å²) in [6, 6.07) is -0.697. The summed E-state index contributed by atoms with van der Waals surface area (Å²) in [6.07, 6.45) is 0.416. The molecule has 1 aliphatic heterocycles. The minimum absolute atomic E-state index is 0.0233. The van der Waals surface area contributed by atoms with Crippen LogP contribution in [0.15, 0.2) is 4.99 Å². The Morgan fingerprint density at radius 3 is 2.75 bits per heavy atom. The molecule has 0 saturated carbocycles. The fourth-order valence-corrected chi connectivity index (χ4v) is 1.81. The maximum absolute atomic E-state index is 11.1. The summed E-state index contributed by atoms with van der Waals surface area (Å²) >= 11 is 0. The highest BCUT2D eigenvalue weighted by atomic mass is 16.5. The van der Waals surface area contributed by atoms with Crippen molar-refractivity contribution in [2.75, 3.05) is 7.11 Å². The Balaban J connectivity index is 2.42. The summed E-state index contributed by atoms with van der Waals surface area (Å²) in [6.45, 7) is 1.88. The minimum Gasteiger partial charge on any atom is -0.468 e. The van der Waals surface area contributed by atoms with E-state index < -0.39 is 18.1 Å². The Hall–Kier alpha value is -1.14. The SMILES string of the molecule is COC(=O)C(N)CC[C@H]1N=C(N)[C@@H](O)[C@H]1C. The Kier molecular flexibility index (Phi) is 4.26. The highest BCUT2D eigenvalue weighted by molar-refractivity contribution is 5.87. The molecule has 0 aromatic rings. The van der Waals surface area contributed by atoms with Gasteiger partial charge in [-0.05, 0) is 12.8 Å². The Morgan fingerprint density at radius 2 is 2.31 bits per heavy atom. The first kappa shape index (κ1) is 12.9. The molecule has 0 aromatic heterocycles. The van der Waals surface area contributed by atoms with Gasteiger partial charge in [-0.1, -0.05) is 6.92 Å². The molecule has 0 fully saturated rings. The molecule has 1 aliphatic rings. The van der Waals surface area contributed by atoms with Crippen molar-refractivity contribution in [2.45, 2.75) is 38.0 Å². The number of hydrogen-bond donors (Lipinski definition) is 3. The number of carbonyl (C=O) groups excluding carboxylic acids is 1. The van der Waals surface area contributed by atoms with Crippen LogP contribution in [0.2, 0.25) is 0 Å². The third kappa shape index (κ3) is 2.70. The van der Waals surface area contributed by atoms with Gasteiger partial charge in [0.1, 0.15) is 18.0 Å². The first-order valence-corrected chi connectivity index (χ1v) is 5.32. The van der Waals surface area contributed by atoms with Gasteiger partial charge in [-0.2, -0.15) is 0 Å². The van der Waals surface area contributed by atoms with Crippen molar-refractivity contribution in [3.05, 3.63) is 0 Å². The van der Waals surface area contributed by atoms with Crippen LogP contribution in [0.5, 0.6) is 0 Å². The van der Waals surface area contributed by atoms with Gasteiger partial charge in [-0.25, -0.2) is 0 Å². The fourth-order valence-electron chi connectivity index (χ4n) is 1.81. The third-order valence-electron chi connectivity index (χ3n) is 3.00. The second-order valence-corrected chi connectivity index (χ2v) is 4.13. The van der Waals surface area contributed by atoms with Crippen molar-refractivity contribution in [1.29, 1.82) is 0 Å². The molecule has 0 bridgehead atoms. The monoisotopic (exact) mass is 229 g/mol. The van der Waals surface area contributed by atoms with E-state index in [-0.39, 0.29) is 17.8 Å². The topological polar surface area (TPSA) is 111 Å². The number of esters is 1. The molecule has 6 nitrogen and oxygen atoms in total. The van der Waals surface area contributed by atoms with E-state index in [1.54, 1.807) is 0 Å². The molecule has 6 heteroatoms. The molecule has 1 unspecified atom stereocenters. The number of nitrogens with two attached hydrogens (primary N) is 2. The second-order valence-electron chi connectivity index (χ2n) is 4.13. The zero-order valence-electron chi connectivity index (χ0n) is 9.59. The van der Waals surface area contributed by atoms with E-state index in [1.165, 1.54) is 7.11 Å². The van der Waals surface area contributed by atoms with Crippen LogP contribution >= 0.6 is 0 Å². The Bertz CT molecular complexity index is 293. The van der Waals surface area contributed by atoms with E-state index in [0.717, 1.165) is 0 Å². The number of ether oxygens (including phenoxy) is 1. The van der Waals surface area contributed by atoms with Gasteiger partial charge in [-0.3, -0.25) is 9.79 Å². The molecule has 1 heterocycles. The molecule has 5 N–H and O–H groups in total. The molecule has 0 saturated heterocycles. The van der Waals surface area contributed by atoms with E-state index in [2.05, 4.69) is 9.73 Å². The number of hydrogen-bond acceptors (Lipinski definition) is 6. The van der Waals surface area contributed by atoms with E-state index >= 15 is 0 Å². The molecule has 0 aliphatic carbocycles. The third-order valence-corrected chi connectivity index (χ3v) is 3.00. The van der Waals surface area contributed by atoms with Crippen LogP contribution in [-0.2, 0) is 9.53 Å². The van der Waals surface area contributed by atoms with Crippen molar-refractivity contribution >= 4 is 11.8 Å². The van der Waals surface area contributed by atoms with E-state index in [0.29, 0.717) is 12.8 Å². The summed E-state index contributed by atoms with van der Waals surface area (Å²) in [5, 5.41) is 9.58. The van der Waals surface area contributed by atoms with Crippen LogP contribution < -0.4 is 11.5 Å².